The van der Waals surface area contributed by atoms with Gasteiger partial charge in [-0.25, -0.2) is 8.42 Å². The van der Waals surface area contributed by atoms with Crippen LogP contribution in [0.1, 0.15) is 43.0 Å². The predicted molar refractivity (Wildman–Crippen MR) is 176 cm³/mol. The monoisotopic (exact) mass is 611 g/mol. The van der Waals surface area contributed by atoms with Crippen LogP contribution in [0.25, 0.3) is 0 Å². The van der Waals surface area contributed by atoms with Crippen molar-refractivity contribution in [1.82, 2.24) is 10.2 Å². The zero-order valence-electron chi connectivity index (χ0n) is 25.8. The summed E-state index contributed by atoms with van der Waals surface area (Å²) in [6.45, 7) is 7.33. The average Bonchev–Trinajstić information content (AvgIpc) is 3.02. The van der Waals surface area contributed by atoms with Gasteiger partial charge < -0.3 is 10.2 Å². The molecule has 0 radical (unpaired) electrons. The summed E-state index contributed by atoms with van der Waals surface area (Å²) < 4.78 is 29.6. The Morgan fingerprint density at radius 1 is 0.773 bits per heavy atom. The number of aryl methyl sites for hydroxylation is 2. The maximum absolute atomic E-state index is 14.6. The molecule has 2 amide bonds. The first kappa shape index (κ1) is 32.5. The van der Waals surface area contributed by atoms with E-state index in [1.807, 2.05) is 94.4 Å². The van der Waals surface area contributed by atoms with Gasteiger partial charge in [0, 0.05) is 19.0 Å². The number of amides is 2. The number of rotatable bonds is 13. The van der Waals surface area contributed by atoms with Gasteiger partial charge >= 0.3 is 0 Å². The third-order valence-corrected chi connectivity index (χ3v) is 9.33. The first-order valence-corrected chi connectivity index (χ1v) is 16.4. The van der Waals surface area contributed by atoms with E-state index in [1.165, 1.54) is 21.3 Å². The van der Waals surface area contributed by atoms with Crippen molar-refractivity contribution < 1.29 is 18.0 Å². The molecule has 0 aliphatic rings. The van der Waals surface area contributed by atoms with E-state index in [4.69, 9.17) is 0 Å². The molecule has 230 valence electrons. The zero-order chi connectivity index (χ0) is 31.7. The van der Waals surface area contributed by atoms with Crippen LogP contribution in [0.3, 0.4) is 0 Å². The normalized spacial score (nSPS) is 12.0. The van der Waals surface area contributed by atoms with Gasteiger partial charge in [0.2, 0.25) is 11.8 Å². The minimum Gasteiger partial charge on any atom is -0.352 e. The van der Waals surface area contributed by atoms with E-state index in [0.717, 1.165) is 22.3 Å². The number of anilines is 1. The van der Waals surface area contributed by atoms with E-state index < -0.39 is 28.5 Å². The second kappa shape index (κ2) is 14.8. The number of hydrogen-bond donors (Lipinski definition) is 1. The van der Waals surface area contributed by atoms with Crippen LogP contribution in [0.4, 0.5) is 5.69 Å². The molecule has 0 saturated carbocycles. The van der Waals surface area contributed by atoms with Crippen molar-refractivity contribution >= 4 is 27.5 Å². The van der Waals surface area contributed by atoms with E-state index in [9.17, 15) is 18.0 Å². The number of carbonyl (C=O) groups is 2. The van der Waals surface area contributed by atoms with E-state index in [-0.39, 0.29) is 29.8 Å². The van der Waals surface area contributed by atoms with Crippen molar-refractivity contribution in [2.24, 2.45) is 0 Å². The number of benzene rings is 4. The molecular weight excluding hydrogens is 570 g/mol. The lowest BCUT2D eigenvalue weighted by molar-refractivity contribution is -0.140. The van der Waals surface area contributed by atoms with E-state index in [0.29, 0.717) is 12.1 Å². The molecule has 0 spiro atoms. The Labute approximate surface area is 261 Å². The van der Waals surface area contributed by atoms with Crippen molar-refractivity contribution in [3.63, 3.8) is 0 Å². The molecule has 1 atom stereocenters. The lowest BCUT2D eigenvalue weighted by atomic mass is 10.0. The number of nitrogens with one attached hydrogen (secondary N) is 1. The highest BCUT2D eigenvalue weighted by Crippen LogP contribution is 2.28. The van der Waals surface area contributed by atoms with E-state index in [1.54, 1.807) is 30.3 Å². The van der Waals surface area contributed by atoms with Gasteiger partial charge in [0.15, 0.2) is 0 Å². The SMILES string of the molecule is CCc1ccccc1N(CC(=O)N(Cc1ccccc1C)[C@H](Cc1ccccc1)C(=O)NC(C)C)S(=O)(=O)c1ccccc1. The Hall–Kier alpha value is -4.43. The van der Waals surface area contributed by atoms with Gasteiger partial charge in [-0.15, -0.1) is 0 Å². The molecule has 4 aromatic rings. The number of nitrogens with zero attached hydrogens (tertiary/aromatic N) is 2. The van der Waals surface area contributed by atoms with Gasteiger partial charge in [0.05, 0.1) is 10.6 Å². The van der Waals surface area contributed by atoms with Gasteiger partial charge in [-0.05, 0) is 67.6 Å². The molecule has 0 fully saturated rings. The zero-order valence-corrected chi connectivity index (χ0v) is 26.6. The van der Waals surface area contributed by atoms with Crippen LogP contribution in [0.15, 0.2) is 114 Å². The molecular formula is C36H41N3O4S. The molecule has 0 aromatic heterocycles. The maximum atomic E-state index is 14.6. The maximum Gasteiger partial charge on any atom is 0.264 e. The van der Waals surface area contributed by atoms with Gasteiger partial charge in [-0.2, -0.15) is 0 Å². The van der Waals surface area contributed by atoms with E-state index >= 15 is 0 Å². The van der Waals surface area contributed by atoms with Gasteiger partial charge in [0.1, 0.15) is 12.6 Å². The number of para-hydroxylation sites is 1. The molecule has 0 aliphatic carbocycles. The minimum absolute atomic E-state index is 0.0857. The highest BCUT2D eigenvalue weighted by molar-refractivity contribution is 7.92. The van der Waals surface area contributed by atoms with Crippen LogP contribution in [0.2, 0.25) is 0 Å². The summed E-state index contributed by atoms with van der Waals surface area (Å²) in [6.07, 6.45) is 0.847. The fourth-order valence-corrected chi connectivity index (χ4v) is 6.66. The van der Waals surface area contributed by atoms with Crippen molar-refractivity contribution in [3.8, 4) is 0 Å². The Balaban J connectivity index is 1.83. The second-order valence-electron chi connectivity index (χ2n) is 11.1. The van der Waals surface area contributed by atoms with Crippen LogP contribution >= 0.6 is 0 Å². The summed E-state index contributed by atoms with van der Waals surface area (Å²) in [6, 6.07) is 31.6. The number of sulfonamides is 1. The Kier molecular flexibility index (Phi) is 11.0. The summed E-state index contributed by atoms with van der Waals surface area (Å²) in [5, 5.41) is 2.99. The Morgan fingerprint density at radius 3 is 1.95 bits per heavy atom. The van der Waals surface area contributed by atoms with Crippen LogP contribution in [0.5, 0.6) is 0 Å². The van der Waals surface area contributed by atoms with E-state index in [2.05, 4.69) is 5.32 Å². The topological polar surface area (TPSA) is 86.8 Å². The molecule has 4 aromatic carbocycles. The molecule has 4 rings (SSSR count). The molecule has 7 nitrogen and oxygen atoms in total. The summed E-state index contributed by atoms with van der Waals surface area (Å²) in [4.78, 5) is 30.0. The molecule has 0 bridgehead atoms. The number of hydrogen-bond acceptors (Lipinski definition) is 4. The summed E-state index contributed by atoms with van der Waals surface area (Å²) in [7, 11) is -4.13. The van der Waals surface area contributed by atoms with Crippen LogP contribution in [-0.2, 0) is 39.0 Å². The summed E-state index contributed by atoms with van der Waals surface area (Å²) >= 11 is 0. The molecule has 8 heteroatoms. The smallest absolute Gasteiger partial charge is 0.264 e. The van der Waals surface area contributed by atoms with Gasteiger partial charge in [0.25, 0.3) is 10.0 Å². The predicted octanol–water partition coefficient (Wildman–Crippen LogP) is 5.92. The third kappa shape index (κ3) is 7.94. The largest absolute Gasteiger partial charge is 0.352 e. The quantitative estimate of drug-likeness (QED) is 0.204. The van der Waals surface area contributed by atoms with Crippen LogP contribution in [0, 0.1) is 6.92 Å². The minimum atomic E-state index is -4.13. The Bertz CT molecular complexity index is 1660. The molecule has 0 heterocycles. The molecule has 0 unspecified atom stereocenters. The highest BCUT2D eigenvalue weighted by Gasteiger charge is 2.35. The lowest BCUT2D eigenvalue weighted by Crippen LogP contribution is -2.54. The van der Waals surface area contributed by atoms with Gasteiger partial charge in [-0.3, -0.25) is 13.9 Å². The molecule has 1 N–H and O–H groups in total. The average molecular weight is 612 g/mol. The lowest BCUT2D eigenvalue weighted by Gasteiger charge is -2.35. The standard InChI is InChI=1S/C36H41N3O4S/c1-5-30-19-14-15-23-33(30)39(44(42,43)32-21-10-7-11-22-32)26-35(40)38(25-31-20-13-12-16-28(31)4)34(36(41)37-27(2)3)24-29-17-8-6-9-18-29/h6-23,27,34H,5,24-26H2,1-4H3,(H,37,41)/t34-/m1/s1. The molecule has 0 aliphatic heterocycles. The van der Waals surface area contributed by atoms with Crippen LogP contribution in [-0.4, -0.2) is 43.8 Å². The van der Waals surface area contributed by atoms with Crippen LogP contribution < -0.4 is 9.62 Å². The fraction of sp³-hybridized carbons (Fsp3) is 0.278. The second-order valence-corrected chi connectivity index (χ2v) is 13.0. The van der Waals surface area contributed by atoms with Gasteiger partial charge in [-0.1, -0.05) is 97.9 Å². The van der Waals surface area contributed by atoms with Crippen molar-refractivity contribution in [2.45, 2.75) is 64.1 Å². The molecule has 0 saturated heterocycles. The third-order valence-electron chi connectivity index (χ3n) is 7.56. The van der Waals surface area contributed by atoms with Crippen molar-refractivity contribution in [3.05, 3.63) is 131 Å². The first-order valence-electron chi connectivity index (χ1n) is 15.0. The summed E-state index contributed by atoms with van der Waals surface area (Å²) in [5.41, 5.74) is 3.97. The number of carbonyl (C=O) groups excluding carboxylic acids is 2. The summed E-state index contributed by atoms with van der Waals surface area (Å²) in [5.74, 6) is -0.768. The first-order chi connectivity index (χ1) is 21.1. The Morgan fingerprint density at radius 2 is 1.34 bits per heavy atom. The van der Waals surface area contributed by atoms with Crippen molar-refractivity contribution in [1.29, 1.82) is 0 Å². The fourth-order valence-electron chi connectivity index (χ4n) is 5.19. The highest BCUT2D eigenvalue weighted by atomic mass is 32.2. The molecule has 44 heavy (non-hydrogen) atoms. The van der Waals surface area contributed by atoms with Crippen molar-refractivity contribution in [2.75, 3.05) is 10.8 Å².